The summed E-state index contributed by atoms with van der Waals surface area (Å²) in [6, 6.07) is 14.0. The standard InChI is InChI=1S/C20H25NO2/c1-14-5-9-19(10-6-14)23-13-17(4)21-20(22)12-18-8-7-15(2)16(3)11-18/h5-11,17H,12-13H2,1-4H3,(H,21,22)/t17-/m1/s1. The molecule has 122 valence electrons. The lowest BCUT2D eigenvalue weighted by atomic mass is 10.0. The smallest absolute Gasteiger partial charge is 0.224 e. The van der Waals surface area contributed by atoms with E-state index < -0.39 is 0 Å². The number of carbonyl (C=O) groups is 1. The zero-order valence-corrected chi connectivity index (χ0v) is 14.3. The van der Waals surface area contributed by atoms with Gasteiger partial charge < -0.3 is 10.1 Å². The van der Waals surface area contributed by atoms with Gasteiger partial charge in [-0.1, -0.05) is 35.9 Å². The van der Waals surface area contributed by atoms with Crippen molar-refractivity contribution in [3.63, 3.8) is 0 Å². The van der Waals surface area contributed by atoms with E-state index in [2.05, 4.69) is 31.3 Å². The van der Waals surface area contributed by atoms with E-state index in [4.69, 9.17) is 4.74 Å². The molecule has 1 N–H and O–H groups in total. The average Bonchev–Trinajstić information content (AvgIpc) is 2.50. The molecule has 0 aliphatic rings. The van der Waals surface area contributed by atoms with Crippen molar-refractivity contribution in [2.45, 2.75) is 40.2 Å². The van der Waals surface area contributed by atoms with Gasteiger partial charge in [0.25, 0.3) is 0 Å². The number of ether oxygens (including phenoxy) is 1. The van der Waals surface area contributed by atoms with Gasteiger partial charge in [0.2, 0.25) is 5.91 Å². The molecule has 0 bridgehead atoms. The lowest BCUT2D eigenvalue weighted by Gasteiger charge is -2.15. The topological polar surface area (TPSA) is 38.3 Å². The lowest BCUT2D eigenvalue weighted by molar-refractivity contribution is -0.121. The van der Waals surface area contributed by atoms with Crippen molar-refractivity contribution in [1.82, 2.24) is 5.32 Å². The van der Waals surface area contributed by atoms with Gasteiger partial charge in [-0.25, -0.2) is 0 Å². The second kappa shape index (κ2) is 7.82. The van der Waals surface area contributed by atoms with E-state index in [-0.39, 0.29) is 11.9 Å². The van der Waals surface area contributed by atoms with Gasteiger partial charge in [-0.05, 0) is 56.5 Å². The Balaban J connectivity index is 1.79. The second-order valence-electron chi connectivity index (χ2n) is 6.19. The van der Waals surface area contributed by atoms with Crippen molar-refractivity contribution in [2.24, 2.45) is 0 Å². The molecule has 1 atom stereocenters. The molecule has 0 aliphatic carbocycles. The number of amides is 1. The summed E-state index contributed by atoms with van der Waals surface area (Å²) in [6.45, 7) is 8.59. The van der Waals surface area contributed by atoms with Gasteiger partial charge >= 0.3 is 0 Å². The maximum absolute atomic E-state index is 12.1. The van der Waals surface area contributed by atoms with Crippen LogP contribution in [0, 0.1) is 20.8 Å². The lowest BCUT2D eigenvalue weighted by Crippen LogP contribution is -2.37. The molecule has 0 fully saturated rings. The van der Waals surface area contributed by atoms with Crippen molar-refractivity contribution in [3.8, 4) is 5.75 Å². The molecule has 0 aliphatic heterocycles. The summed E-state index contributed by atoms with van der Waals surface area (Å²) in [5.41, 5.74) is 4.70. The third kappa shape index (κ3) is 5.44. The number of carbonyl (C=O) groups excluding carboxylic acids is 1. The van der Waals surface area contributed by atoms with Crippen molar-refractivity contribution in [1.29, 1.82) is 0 Å². The molecule has 0 heterocycles. The summed E-state index contributed by atoms with van der Waals surface area (Å²) in [5.74, 6) is 0.846. The number of rotatable bonds is 6. The van der Waals surface area contributed by atoms with Gasteiger partial charge in [0, 0.05) is 0 Å². The Bertz CT molecular complexity index is 662. The molecule has 0 aromatic heterocycles. The third-order valence-corrected chi connectivity index (χ3v) is 3.86. The Labute approximate surface area is 138 Å². The summed E-state index contributed by atoms with van der Waals surface area (Å²) < 4.78 is 5.69. The predicted octanol–water partition coefficient (Wildman–Crippen LogP) is 3.74. The highest BCUT2D eigenvalue weighted by Gasteiger charge is 2.09. The first-order valence-electron chi connectivity index (χ1n) is 7.99. The van der Waals surface area contributed by atoms with Crippen molar-refractivity contribution >= 4 is 5.91 Å². The zero-order valence-electron chi connectivity index (χ0n) is 14.3. The summed E-state index contributed by atoms with van der Waals surface area (Å²) in [7, 11) is 0. The molecular weight excluding hydrogens is 286 g/mol. The number of benzene rings is 2. The predicted molar refractivity (Wildman–Crippen MR) is 93.9 cm³/mol. The highest BCUT2D eigenvalue weighted by molar-refractivity contribution is 5.78. The Morgan fingerprint density at radius 1 is 1.04 bits per heavy atom. The van der Waals surface area contributed by atoms with Crippen LogP contribution >= 0.6 is 0 Å². The van der Waals surface area contributed by atoms with Crippen molar-refractivity contribution in [2.75, 3.05) is 6.61 Å². The van der Waals surface area contributed by atoms with E-state index in [1.54, 1.807) is 0 Å². The van der Waals surface area contributed by atoms with E-state index in [9.17, 15) is 4.79 Å². The summed E-state index contributed by atoms with van der Waals surface area (Å²) in [6.07, 6.45) is 0.399. The monoisotopic (exact) mass is 311 g/mol. The largest absolute Gasteiger partial charge is 0.491 e. The fourth-order valence-electron chi connectivity index (χ4n) is 2.32. The summed E-state index contributed by atoms with van der Waals surface area (Å²) >= 11 is 0. The van der Waals surface area contributed by atoms with Crippen LogP contribution in [0.5, 0.6) is 5.75 Å². The second-order valence-corrected chi connectivity index (χ2v) is 6.19. The molecule has 0 spiro atoms. The number of hydrogen-bond donors (Lipinski definition) is 1. The van der Waals surface area contributed by atoms with E-state index in [0.29, 0.717) is 13.0 Å². The third-order valence-electron chi connectivity index (χ3n) is 3.86. The number of hydrogen-bond acceptors (Lipinski definition) is 2. The minimum Gasteiger partial charge on any atom is -0.491 e. The van der Waals surface area contributed by atoms with Crippen LogP contribution in [0.25, 0.3) is 0 Å². The SMILES string of the molecule is Cc1ccc(OC[C@@H](C)NC(=O)Cc2ccc(C)c(C)c2)cc1. The van der Waals surface area contributed by atoms with Gasteiger partial charge in [-0.15, -0.1) is 0 Å². The van der Waals surface area contributed by atoms with E-state index >= 15 is 0 Å². The van der Waals surface area contributed by atoms with Crippen LogP contribution in [0.4, 0.5) is 0 Å². The average molecular weight is 311 g/mol. The van der Waals surface area contributed by atoms with Crippen LogP contribution in [-0.4, -0.2) is 18.6 Å². The first kappa shape index (κ1) is 17.1. The molecule has 1 amide bonds. The fraction of sp³-hybridized carbons (Fsp3) is 0.350. The first-order valence-corrected chi connectivity index (χ1v) is 7.99. The van der Waals surface area contributed by atoms with Crippen molar-refractivity contribution < 1.29 is 9.53 Å². The summed E-state index contributed by atoms with van der Waals surface area (Å²) in [5, 5.41) is 2.98. The maximum atomic E-state index is 12.1. The quantitative estimate of drug-likeness (QED) is 0.882. The molecule has 3 heteroatoms. The van der Waals surface area contributed by atoms with Gasteiger partial charge in [-0.3, -0.25) is 4.79 Å². The minimum atomic E-state index is -0.0321. The van der Waals surface area contributed by atoms with Gasteiger partial charge in [0.1, 0.15) is 12.4 Å². The molecule has 23 heavy (non-hydrogen) atoms. The van der Waals surface area contributed by atoms with E-state index in [0.717, 1.165) is 11.3 Å². The Morgan fingerprint density at radius 2 is 1.74 bits per heavy atom. The van der Waals surface area contributed by atoms with Crippen LogP contribution in [-0.2, 0) is 11.2 Å². The first-order chi connectivity index (χ1) is 10.9. The number of aryl methyl sites for hydroxylation is 3. The maximum Gasteiger partial charge on any atom is 0.224 e. The molecular formula is C20H25NO2. The molecule has 2 aromatic rings. The molecule has 2 aromatic carbocycles. The summed E-state index contributed by atoms with van der Waals surface area (Å²) in [4.78, 5) is 12.1. The van der Waals surface area contributed by atoms with E-state index in [1.807, 2.05) is 44.2 Å². The minimum absolute atomic E-state index is 0.0215. The van der Waals surface area contributed by atoms with Gasteiger partial charge in [0.05, 0.1) is 12.5 Å². The molecule has 0 saturated carbocycles. The van der Waals surface area contributed by atoms with Crippen molar-refractivity contribution in [3.05, 3.63) is 64.7 Å². The number of nitrogens with one attached hydrogen (secondary N) is 1. The van der Waals surface area contributed by atoms with Crippen LogP contribution in [0.3, 0.4) is 0 Å². The fourth-order valence-corrected chi connectivity index (χ4v) is 2.32. The molecule has 0 saturated heterocycles. The Hall–Kier alpha value is -2.29. The van der Waals surface area contributed by atoms with Crippen LogP contribution in [0.15, 0.2) is 42.5 Å². The molecule has 2 rings (SSSR count). The zero-order chi connectivity index (χ0) is 16.8. The van der Waals surface area contributed by atoms with Gasteiger partial charge in [-0.2, -0.15) is 0 Å². The highest BCUT2D eigenvalue weighted by atomic mass is 16.5. The van der Waals surface area contributed by atoms with E-state index in [1.165, 1.54) is 16.7 Å². The molecule has 0 unspecified atom stereocenters. The molecule has 3 nitrogen and oxygen atoms in total. The highest BCUT2D eigenvalue weighted by Crippen LogP contribution is 2.12. The van der Waals surface area contributed by atoms with Crippen LogP contribution in [0.1, 0.15) is 29.2 Å². The Morgan fingerprint density at radius 3 is 2.39 bits per heavy atom. The van der Waals surface area contributed by atoms with Gasteiger partial charge in [0.15, 0.2) is 0 Å². The normalized spacial score (nSPS) is 11.8. The Kier molecular flexibility index (Phi) is 5.80. The molecule has 0 radical (unpaired) electrons. The van der Waals surface area contributed by atoms with Crippen LogP contribution in [0.2, 0.25) is 0 Å². The van der Waals surface area contributed by atoms with Crippen LogP contribution < -0.4 is 10.1 Å².